The van der Waals surface area contributed by atoms with Crippen LogP contribution in [0.1, 0.15) is 37.3 Å². The molecule has 0 saturated heterocycles. The first-order valence-electron chi connectivity index (χ1n) is 6.90. The van der Waals surface area contributed by atoms with Crippen LogP contribution < -0.4 is 5.32 Å². The Balaban J connectivity index is 2.25. The van der Waals surface area contributed by atoms with Gasteiger partial charge in [-0.3, -0.25) is 4.79 Å². The molecule has 0 aliphatic heterocycles. The summed E-state index contributed by atoms with van der Waals surface area (Å²) in [7, 11) is 0. The first kappa shape index (κ1) is 13.6. The average Bonchev–Trinajstić information content (AvgIpc) is 2.43. The van der Waals surface area contributed by atoms with Gasteiger partial charge in [-0.25, -0.2) is 0 Å². The SMILES string of the molecule is CCCNC(=O)[C@@H](C)c1ccc2cc(C)ccc2c1. The van der Waals surface area contributed by atoms with E-state index in [0.29, 0.717) is 0 Å². The molecule has 2 aromatic carbocycles. The van der Waals surface area contributed by atoms with Crippen LogP contribution in [0.4, 0.5) is 0 Å². The maximum Gasteiger partial charge on any atom is 0.227 e. The van der Waals surface area contributed by atoms with Crippen LogP contribution in [0, 0.1) is 6.92 Å². The lowest BCUT2D eigenvalue weighted by Crippen LogP contribution is -2.28. The van der Waals surface area contributed by atoms with Gasteiger partial charge in [0.25, 0.3) is 0 Å². The van der Waals surface area contributed by atoms with Gasteiger partial charge in [0.1, 0.15) is 0 Å². The molecule has 0 fully saturated rings. The molecule has 19 heavy (non-hydrogen) atoms. The number of aryl methyl sites for hydroxylation is 1. The van der Waals surface area contributed by atoms with Gasteiger partial charge in [0.2, 0.25) is 5.91 Å². The first-order chi connectivity index (χ1) is 9.11. The number of fused-ring (bicyclic) bond motifs is 1. The van der Waals surface area contributed by atoms with E-state index in [1.807, 2.05) is 6.92 Å². The molecule has 1 atom stereocenters. The fourth-order valence-electron chi connectivity index (χ4n) is 2.21. The fourth-order valence-corrected chi connectivity index (χ4v) is 2.21. The van der Waals surface area contributed by atoms with Gasteiger partial charge in [0.15, 0.2) is 0 Å². The Bertz CT molecular complexity index is 589. The number of rotatable bonds is 4. The minimum Gasteiger partial charge on any atom is -0.356 e. The van der Waals surface area contributed by atoms with Gasteiger partial charge in [0, 0.05) is 6.54 Å². The van der Waals surface area contributed by atoms with Gasteiger partial charge < -0.3 is 5.32 Å². The van der Waals surface area contributed by atoms with E-state index in [9.17, 15) is 4.79 Å². The Kier molecular flexibility index (Phi) is 4.20. The van der Waals surface area contributed by atoms with E-state index in [1.54, 1.807) is 0 Å². The summed E-state index contributed by atoms with van der Waals surface area (Å²) in [6.45, 7) is 6.85. The smallest absolute Gasteiger partial charge is 0.227 e. The number of nitrogens with one attached hydrogen (secondary N) is 1. The van der Waals surface area contributed by atoms with E-state index in [-0.39, 0.29) is 11.8 Å². The summed E-state index contributed by atoms with van der Waals surface area (Å²) < 4.78 is 0. The molecule has 2 aromatic rings. The Labute approximate surface area is 114 Å². The summed E-state index contributed by atoms with van der Waals surface area (Å²) in [5.74, 6) is 0.00515. The van der Waals surface area contributed by atoms with E-state index < -0.39 is 0 Å². The molecule has 0 heterocycles. The third kappa shape index (κ3) is 3.14. The third-order valence-electron chi connectivity index (χ3n) is 3.46. The molecule has 0 radical (unpaired) electrons. The maximum absolute atomic E-state index is 12.0. The molecule has 0 saturated carbocycles. The van der Waals surface area contributed by atoms with Gasteiger partial charge >= 0.3 is 0 Å². The van der Waals surface area contributed by atoms with Crippen LogP contribution in [0.2, 0.25) is 0 Å². The Morgan fingerprint density at radius 3 is 2.58 bits per heavy atom. The molecule has 0 aliphatic rings. The summed E-state index contributed by atoms with van der Waals surface area (Å²) in [5, 5.41) is 5.37. The number of carbonyl (C=O) groups excluding carboxylic acids is 1. The Morgan fingerprint density at radius 1 is 1.16 bits per heavy atom. The third-order valence-corrected chi connectivity index (χ3v) is 3.46. The molecule has 1 N–H and O–H groups in total. The van der Waals surface area contributed by atoms with Gasteiger partial charge in [0.05, 0.1) is 5.92 Å². The predicted octanol–water partition coefficient (Wildman–Crippen LogP) is 3.78. The Hall–Kier alpha value is -1.83. The van der Waals surface area contributed by atoms with Crippen LogP contribution in [0.15, 0.2) is 36.4 Å². The highest BCUT2D eigenvalue weighted by molar-refractivity contribution is 5.87. The molecule has 0 bridgehead atoms. The van der Waals surface area contributed by atoms with Crippen LogP contribution in [0.5, 0.6) is 0 Å². The zero-order chi connectivity index (χ0) is 13.8. The quantitative estimate of drug-likeness (QED) is 0.885. The molecule has 0 aromatic heterocycles. The summed E-state index contributed by atoms with van der Waals surface area (Å²) in [5.41, 5.74) is 2.33. The van der Waals surface area contributed by atoms with E-state index in [2.05, 4.69) is 55.6 Å². The zero-order valence-corrected chi connectivity index (χ0v) is 11.9. The number of carbonyl (C=O) groups is 1. The van der Waals surface area contributed by atoms with Crippen molar-refractivity contribution in [2.45, 2.75) is 33.1 Å². The van der Waals surface area contributed by atoms with Crippen molar-refractivity contribution in [2.75, 3.05) is 6.54 Å². The topological polar surface area (TPSA) is 29.1 Å². The Morgan fingerprint density at radius 2 is 1.84 bits per heavy atom. The second kappa shape index (κ2) is 5.87. The predicted molar refractivity (Wildman–Crippen MR) is 80.4 cm³/mol. The van der Waals surface area contributed by atoms with Crippen LogP contribution in [-0.2, 0) is 4.79 Å². The highest BCUT2D eigenvalue weighted by atomic mass is 16.1. The number of amides is 1. The van der Waals surface area contributed by atoms with Crippen LogP contribution in [-0.4, -0.2) is 12.5 Å². The van der Waals surface area contributed by atoms with Crippen LogP contribution >= 0.6 is 0 Å². The van der Waals surface area contributed by atoms with Gasteiger partial charge in [-0.15, -0.1) is 0 Å². The minimum atomic E-state index is -0.0998. The lowest BCUT2D eigenvalue weighted by Gasteiger charge is -2.13. The molecule has 100 valence electrons. The highest BCUT2D eigenvalue weighted by Crippen LogP contribution is 2.22. The molecule has 1 amide bonds. The average molecular weight is 255 g/mol. The lowest BCUT2D eigenvalue weighted by molar-refractivity contribution is -0.122. The summed E-state index contributed by atoms with van der Waals surface area (Å²) in [6, 6.07) is 12.7. The monoisotopic (exact) mass is 255 g/mol. The molecule has 0 aliphatic carbocycles. The van der Waals surface area contributed by atoms with Crippen molar-refractivity contribution in [1.82, 2.24) is 5.32 Å². The molecular formula is C17H21NO. The zero-order valence-electron chi connectivity index (χ0n) is 11.9. The highest BCUT2D eigenvalue weighted by Gasteiger charge is 2.14. The standard InChI is InChI=1S/C17H21NO/c1-4-9-18-17(19)13(3)14-7-8-15-10-12(2)5-6-16(15)11-14/h5-8,10-11,13H,4,9H2,1-3H3,(H,18,19)/t13-/m0/s1. The van der Waals surface area contributed by atoms with Crippen molar-refractivity contribution < 1.29 is 4.79 Å². The van der Waals surface area contributed by atoms with Crippen molar-refractivity contribution in [2.24, 2.45) is 0 Å². The molecule has 0 unspecified atom stereocenters. The fraction of sp³-hybridized carbons (Fsp3) is 0.353. The van der Waals surface area contributed by atoms with Crippen molar-refractivity contribution >= 4 is 16.7 Å². The largest absolute Gasteiger partial charge is 0.356 e. The summed E-state index contributed by atoms with van der Waals surface area (Å²) in [4.78, 5) is 12.0. The van der Waals surface area contributed by atoms with Gasteiger partial charge in [-0.2, -0.15) is 0 Å². The summed E-state index contributed by atoms with van der Waals surface area (Å²) >= 11 is 0. The van der Waals surface area contributed by atoms with Gasteiger partial charge in [-0.05, 0) is 36.6 Å². The molecule has 2 heteroatoms. The number of hydrogen-bond acceptors (Lipinski definition) is 1. The molecule has 2 nitrogen and oxygen atoms in total. The van der Waals surface area contributed by atoms with Crippen LogP contribution in [0.25, 0.3) is 10.8 Å². The first-order valence-corrected chi connectivity index (χ1v) is 6.90. The lowest BCUT2D eigenvalue weighted by atomic mass is 9.96. The molecular weight excluding hydrogens is 234 g/mol. The summed E-state index contributed by atoms with van der Waals surface area (Å²) in [6.07, 6.45) is 0.968. The molecule has 2 rings (SSSR count). The van der Waals surface area contributed by atoms with E-state index >= 15 is 0 Å². The van der Waals surface area contributed by atoms with Crippen LogP contribution in [0.3, 0.4) is 0 Å². The van der Waals surface area contributed by atoms with Crippen molar-refractivity contribution in [3.05, 3.63) is 47.5 Å². The second-order valence-corrected chi connectivity index (χ2v) is 5.12. The van der Waals surface area contributed by atoms with E-state index in [0.717, 1.165) is 18.5 Å². The van der Waals surface area contributed by atoms with Crippen molar-refractivity contribution in [1.29, 1.82) is 0 Å². The van der Waals surface area contributed by atoms with Gasteiger partial charge in [-0.1, -0.05) is 48.9 Å². The van der Waals surface area contributed by atoms with E-state index in [1.165, 1.54) is 16.3 Å². The maximum atomic E-state index is 12.0. The minimum absolute atomic E-state index is 0.0998. The normalized spacial score (nSPS) is 12.4. The number of hydrogen-bond donors (Lipinski definition) is 1. The van der Waals surface area contributed by atoms with E-state index in [4.69, 9.17) is 0 Å². The molecule has 0 spiro atoms. The number of benzene rings is 2. The second-order valence-electron chi connectivity index (χ2n) is 5.12. The van der Waals surface area contributed by atoms with Crippen molar-refractivity contribution in [3.63, 3.8) is 0 Å². The van der Waals surface area contributed by atoms with Crippen molar-refractivity contribution in [3.8, 4) is 0 Å².